The first-order valence-corrected chi connectivity index (χ1v) is 12.4. The first-order valence-electron chi connectivity index (χ1n) is 10.9. The second-order valence-corrected chi connectivity index (χ2v) is 10.7. The molecule has 0 saturated carbocycles. The highest BCUT2D eigenvalue weighted by Gasteiger charge is 2.26. The standard InChI is InChI=1S/C25H27N5O4S/c1-25(2,3)20-9-10-22(34-4)23(16-20)35(32,33)28-24(31)18-7-8-19(17-29-13-5-11-26-29)21(15-18)30-14-6-12-27-30/h5-16H,17H2,1-4H3,(H,28,31). The Bertz CT molecular complexity index is 1440. The number of carbonyl (C=O) groups is 1. The largest absolute Gasteiger partial charge is 0.495 e. The average Bonchev–Trinajstić information content (AvgIpc) is 3.52. The van der Waals surface area contributed by atoms with E-state index in [1.165, 1.54) is 13.2 Å². The molecule has 10 heteroatoms. The molecule has 0 radical (unpaired) electrons. The molecule has 0 saturated heterocycles. The van der Waals surface area contributed by atoms with Crippen LogP contribution in [0.25, 0.3) is 5.69 Å². The number of ether oxygens (including phenoxy) is 1. The van der Waals surface area contributed by atoms with E-state index in [2.05, 4.69) is 14.9 Å². The highest BCUT2D eigenvalue weighted by atomic mass is 32.2. The predicted octanol–water partition coefficient (Wildman–Crippen LogP) is 3.54. The minimum absolute atomic E-state index is 0.0941. The fourth-order valence-electron chi connectivity index (χ4n) is 3.62. The Morgan fingerprint density at radius 1 is 1.03 bits per heavy atom. The Morgan fingerprint density at radius 2 is 1.77 bits per heavy atom. The molecule has 0 aliphatic rings. The zero-order chi connectivity index (χ0) is 25.2. The molecule has 1 N–H and O–H groups in total. The number of benzene rings is 2. The van der Waals surface area contributed by atoms with Crippen molar-refractivity contribution < 1.29 is 17.9 Å². The van der Waals surface area contributed by atoms with Crippen LogP contribution >= 0.6 is 0 Å². The number of aromatic nitrogens is 4. The van der Waals surface area contributed by atoms with Crippen molar-refractivity contribution in [1.82, 2.24) is 24.3 Å². The van der Waals surface area contributed by atoms with Crippen molar-refractivity contribution in [3.63, 3.8) is 0 Å². The van der Waals surface area contributed by atoms with E-state index in [0.717, 1.165) is 11.1 Å². The number of sulfonamides is 1. The molecule has 0 fully saturated rings. The lowest BCUT2D eigenvalue weighted by Gasteiger charge is -2.21. The monoisotopic (exact) mass is 493 g/mol. The van der Waals surface area contributed by atoms with Crippen LogP contribution in [0.2, 0.25) is 0 Å². The van der Waals surface area contributed by atoms with Gasteiger partial charge in [-0.05, 0) is 52.9 Å². The molecule has 1 amide bonds. The lowest BCUT2D eigenvalue weighted by molar-refractivity contribution is 0.0981. The summed E-state index contributed by atoms with van der Waals surface area (Å²) in [5.74, 6) is -0.600. The van der Waals surface area contributed by atoms with Crippen LogP contribution in [0.4, 0.5) is 0 Å². The zero-order valence-electron chi connectivity index (χ0n) is 20.0. The van der Waals surface area contributed by atoms with Crippen LogP contribution in [0.15, 0.2) is 78.2 Å². The number of methoxy groups -OCH3 is 1. The molecule has 35 heavy (non-hydrogen) atoms. The first kappa shape index (κ1) is 24.2. The number of carbonyl (C=O) groups excluding carboxylic acids is 1. The SMILES string of the molecule is COc1ccc(C(C)(C)C)cc1S(=O)(=O)NC(=O)c1ccc(Cn2cccn2)c(-n2cccn2)c1. The van der Waals surface area contributed by atoms with Gasteiger partial charge in [0.05, 0.1) is 19.3 Å². The Kier molecular flexibility index (Phi) is 6.49. The van der Waals surface area contributed by atoms with Gasteiger partial charge in [-0.25, -0.2) is 17.8 Å². The number of hydrogen-bond acceptors (Lipinski definition) is 6. The van der Waals surface area contributed by atoms with Gasteiger partial charge in [-0.2, -0.15) is 10.2 Å². The molecule has 4 aromatic rings. The van der Waals surface area contributed by atoms with Gasteiger partial charge in [0.15, 0.2) is 0 Å². The summed E-state index contributed by atoms with van der Waals surface area (Å²) in [5, 5.41) is 8.51. The predicted molar refractivity (Wildman–Crippen MR) is 131 cm³/mol. The Morgan fingerprint density at radius 3 is 2.40 bits per heavy atom. The first-order chi connectivity index (χ1) is 16.6. The highest BCUT2D eigenvalue weighted by Crippen LogP contribution is 2.31. The van der Waals surface area contributed by atoms with Gasteiger partial charge in [0.25, 0.3) is 15.9 Å². The van der Waals surface area contributed by atoms with Crippen molar-refractivity contribution >= 4 is 15.9 Å². The highest BCUT2D eigenvalue weighted by molar-refractivity contribution is 7.90. The number of rotatable bonds is 7. The molecular formula is C25H27N5O4S. The molecule has 2 aromatic heterocycles. The summed E-state index contributed by atoms with van der Waals surface area (Å²) >= 11 is 0. The molecule has 0 atom stereocenters. The van der Waals surface area contributed by atoms with Gasteiger partial charge in [-0.15, -0.1) is 0 Å². The van der Waals surface area contributed by atoms with Gasteiger partial charge in [0, 0.05) is 30.4 Å². The number of amides is 1. The third-order valence-electron chi connectivity index (χ3n) is 5.54. The van der Waals surface area contributed by atoms with E-state index >= 15 is 0 Å². The number of nitrogens with one attached hydrogen (secondary N) is 1. The van der Waals surface area contributed by atoms with Crippen LogP contribution < -0.4 is 9.46 Å². The van der Waals surface area contributed by atoms with Crippen molar-refractivity contribution in [2.75, 3.05) is 7.11 Å². The summed E-state index contributed by atoms with van der Waals surface area (Å²) < 4.78 is 37.3. The van der Waals surface area contributed by atoms with Crippen molar-refractivity contribution in [1.29, 1.82) is 0 Å². The molecule has 2 aromatic carbocycles. The summed E-state index contributed by atoms with van der Waals surface area (Å²) in [6.07, 6.45) is 6.90. The Labute approximate surface area is 204 Å². The maximum absolute atomic E-state index is 13.2. The molecule has 0 aliphatic heterocycles. The molecule has 0 aliphatic carbocycles. The van der Waals surface area contributed by atoms with Gasteiger partial charge in [-0.1, -0.05) is 32.9 Å². The van der Waals surface area contributed by atoms with Crippen molar-refractivity contribution in [3.8, 4) is 11.4 Å². The van der Waals surface area contributed by atoms with Crippen LogP contribution in [0.1, 0.15) is 42.3 Å². The molecular weight excluding hydrogens is 466 g/mol. The quantitative estimate of drug-likeness (QED) is 0.422. The average molecular weight is 494 g/mol. The van der Waals surface area contributed by atoms with Crippen LogP contribution in [-0.2, 0) is 22.0 Å². The Balaban J connectivity index is 1.68. The normalized spacial score (nSPS) is 11.9. The summed E-state index contributed by atoms with van der Waals surface area (Å²) in [5.41, 5.74) is 2.19. The van der Waals surface area contributed by atoms with Crippen LogP contribution in [-0.4, -0.2) is 41.0 Å². The van der Waals surface area contributed by atoms with E-state index in [1.54, 1.807) is 58.3 Å². The summed E-state index contributed by atoms with van der Waals surface area (Å²) in [6.45, 7) is 6.39. The van der Waals surface area contributed by atoms with Gasteiger partial charge in [0.2, 0.25) is 0 Å². The van der Waals surface area contributed by atoms with E-state index in [1.807, 2.05) is 39.1 Å². The molecule has 4 rings (SSSR count). The fourth-order valence-corrected chi connectivity index (χ4v) is 4.79. The van der Waals surface area contributed by atoms with Crippen molar-refractivity contribution in [2.45, 2.75) is 37.6 Å². The summed E-state index contributed by atoms with van der Waals surface area (Å²) in [6, 6.07) is 13.5. The molecule has 0 bridgehead atoms. The van der Waals surface area contributed by atoms with E-state index < -0.39 is 15.9 Å². The minimum Gasteiger partial charge on any atom is -0.495 e. The fraction of sp³-hybridized carbons (Fsp3) is 0.240. The smallest absolute Gasteiger partial charge is 0.268 e. The molecule has 9 nitrogen and oxygen atoms in total. The summed E-state index contributed by atoms with van der Waals surface area (Å²) in [4.78, 5) is 13.0. The van der Waals surface area contributed by atoms with Crippen LogP contribution in [0, 0.1) is 0 Å². The Hall–Kier alpha value is -3.92. The maximum Gasteiger partial charge on any atom is 0.268 e. The molecule has 0 unspecified atom stereocenters. The second-order valence-electron chi connectivity index (χ2n) is 9.05. The minimum atomic E-state index is -4.21. The van der Waals surface area contributed by atoms with E-state index in [-0.39, 0.29) is 21.6 Å². The number of nitrogens with zero attached hydrogens (tertiary/aromatic N) is 4. The molecule has 182 valence electrons. The van der Waals surface area contributed by atoms with Gasteiger partial charge in [-0.3, -0.25) is 9.48 Å². The zero-order valence-corrected chi connectivity index (χ0v) is 20.8. The second kappa shape index (κ2) is 9.38. The van der Waals surface area contributed by atoms with E-state index in [9.17, 15) is 13.2 Å². The third-order valence-corrected chi connectivity index (χ3v) is 6.89. The van der Waals surface area contributed by atoms with Crippen LogP contribution in [0.5, 0.6) is 5.75 Å². The van der Waals surface area contributed by atoms with Crippen LogP contribution in [0.3, 0.4) is 0 Å². The van der Waals surface area contributed by atoms with Gasteiger partial charge in [0.1, 0.15) is 10.6 Å². The van der Waals surface area contributed by atoms with Gasteiger partial charge >= 0.3 is 0 Å². The van der Waals surface area contributed by atoms with E-state index in [4.69, 9.17) is 4.74 Å². The topological polar surface area (TPSA) is 108 Å². The maximum atomic E-state index is 13.2. The molecule has 2 heterocycles. The van der Waals surface area contributed by atoms with Crippen molar-refractivity contribution in [3.05, 3.63) is 90.0 Å². The number of hydrogen-bond donors (Lipinski definition) is 1. The van der Waals surface area contributed by atoms with Crippen molar-refractivity contribution in [2.24, 2.45) is 0 Å². The summed E-state index contributed by atoms with van der Waals surface area (Å²) in [7, 11) is -2.82. The lowest BCUT2D eigenvalue weighted by Crippen LogP contribution is -2.31. The van der Waals surface area contributed by atoms with E-state index in [0.29, 0.717) is 12.2 Å². The molecule has 0 spiro atoms. The lowest BCUT2D eigenvalue weighted by atomic mass is 9.87. The third kappa shape index (κ3) is 5.27. The van der Waals surface area contributed by atoms with Gasteiger partial charge < -0.3 is 4.74 Å².